The highest BCUT2D eigenvalue weighted by Gasteiger charge is 2.18. The molecule has 0 radical (unpaired) electrons. The monoisotopic (exact) mass is 284 g/mol. The zero-order valence-electron chi connectivity index (χ0n) is 9.93. The molecular formula is C12H10F2N2O2S. The Bertz CT molecular complexity index is 579. The average Bonchev–Trinajstić information content (AvgIpc) is 2.80. The van der Waals surface area contributed by atoms with E-state index in [4.69, 9.17) is 5.11 Å². The SMILES string of the molecule is CN(Cc1cscn1)c1c(F)cc(C(=O)O)cc1F. The average molecular weight is 284 g/mol. The summed E-state index contributed by atoms with van der Waals surface area (Å²) < 4.78 is 27.6. The summed E-state index contributed by atoms with van der Waals surface area (Å²) in [4.78, 5) is 16.1. The Hall–Kier alpha value is -2.02. The van der Waals surface area contributed by atoms with Crippen molar-refractivity contribution in [2.75, 3.05) is 11.9 Å². The van der Waals surface area contributed by atoms with E-state index in [1.54, 1.807) is 10.9 Å². The van der Waals surface area contributed by atoms with Gasteiger partial charge in [-0.3, -0.25) is 0 Å². The van der Waals surface area contributed by atoms with Gasteiger partial charge in [0, 0.05) is 12.4 Å². The second-order valence-electron chi connectivity index (χ2n) is 3.93. The number of halogens is 2. The van der Waals surface area contributed by atoms with Crippen molar-refractivity contribution in [2.45, 2.75) is 6.54 Å². The van der Waals surface area contributed by atoms with Gasteiger partial charge < -0.3 is 10.0 Å². The number of aromatic nitrogens is 1. The van der Waals surface area contributed by atoms with Gasteiger partial charge in [0.15, 0.2) is 0 Å². The Morgan fingerprint density at radius 3 is 2.53 bits per heavy atom. The first kappa shape index (κ1) is 13.4. The standard InChI is InChI=1S/C12H10F2N2O2S/c1-16(4-8-5-19-6-15-8)11-9(13)2-7(12(17)18)3-10(11)14/h2-3,5-6H,4H2,1H3,(H,17,18). The molecule has 1 aromatic carbocycles. The van der Waals surface area contributed by atoms with Crippen LogP contribution in [0.25, 0.3) is 0 Å². The van der Waals surface area contributed by atoms with Gasteiger partial charge in [0.2, 0.25) is 0 Å². The number of carboxylic acids is 1. The van der Waals surface area contributed by atoms with Crippen LogP contribution in [0.4, 0.5) is 14.5 Å². The number of hydrogen-bond acceptors (Lipinski definition) is 4. The number of carbonyl (C=O) groups is 1. The van der Waals surface area contributed by atoms with E-state index in [1.165, 1.54) is 23.3 Å². The number of nitrogens with zero attached hydrogens (tertiary/aromatic N) is 2. The Kier molecular flexibility index (Phi) is 3.75. The topological polar surface area (TPSA) is 53.4 Å². The van der Waals surface area contributed by atoms with Crippen molar-refractivity contribution in [3.05, 3.63) is 45.9 Å². The second-order valence-corrected chi connectivity index (χ2v) is 4.65. The Balaban J connectivity index is 2.31. The normalized spacial score (nSPS) is 10.5. The number of anilines is 1. The van der Waals surface area contributed by atoms with Gasteiger partial charge in [-0.25, -0.2) is 18.6 Å². The number of rotatable bonds is 4. The maximum absolute atomic E-state index is 13.8. The van der Waals surface area contributed by atoms with Gasteiger partial charge >= 0.3 is 5.97 Å². The first-order valence-electron chi connectivity index (χ1n) is 5.29. The summed E-state index contributed by atoms with van der Waals surface area (Å²) in [7, 11) is 1.52. The third-order valence-electron chi connectivity index (χ3n) is 2.53. The third kappa shape index (κ3) is 2.87. The molecule has 0 saturated heterocycles. The number of carboxylic acid groups (broad SMARTS) is 1. The van der Waals surface area contributed by atoms with Crippen LogP contribution in [0, 0.1) is 11.6 Å². The zero-order valence-corrected chi connectivity index (χ0v) is 10.7. The van der Waals surface area contributed by atoms with Crippen molar-refractivity contribution >= 4 is 23.0 Å². The van der Waals surface area contributed by atoms with Crippen LogP contribution in [0.5, 0.6) is 0 Å². The predicted molar refractivity (Wildman–Crippen MR) is 67.5 cm³/mol. The summed E-state index contributed by atoms with van der Waals surface area (Å²) >= 11 is 1.39. The minimum atomic E-state index is -1.37. The molecule has 4 nitrogen and oxygen atoms in total. The molecule has 1 heterocycles. The van der Waals surface area contributed by atoms with Crippen LogP contribution in [0.15, 0.2) is 23.0 Å². The van der Waals surface area contributed by atoms with Crippen LogP contribution >= 0.6 is 11.3 Å². The number of thiazole rings is 1. The maximum Gasteiger partial charge on any atom is 0.335 e. The fraction of sp³-hybridized carbons (Fsp3) is 0.167. The fourth-order valence-electron chi connectivity index (χ4n) is 1.69. The first-order chi connectivity index (χ1) is 8.99. The molecule has 0 fully saturated rings. The molecule has 0 unspecified atom stereocenters. The summed E-state index contributed by atoms with van der Waals surface area (Å²) in [5, 5.41) is 10.5. The molecule has 2 rings (SSSR count). The molecule has 0 saturated carbocycles. The molecule has 0 atom stereocenters. The summed E-state index contributed by atoms with van der Waals surface area (Å²) in [5.41, 5.74) is 1.64. The maximum atomic E-state index is 13.8. The van der Waals surface area contributed by atoms with Gasteiger partial charge in [-0.1, -0.05) is 0 Å². The Morgan fingerprint density at radius 2 is 2.05 bits per heavy atom. The highest BCUT2D eigenvalue weighted by atomic mass is 32.1. The number of aromatic carboxylic acids is 1. The van der Waals surface area contributed by atoms with E-state index in [-0.39, 0.29) is 12.2 Å². The van der Waals surface area contributed by atoms with Crippen molar-refractivity contribution in [2.24, 2.45) is 0 Å². The fourth-order valence-corrected chi connectivity index (χ4v) is 2.24. The summed E-state index contributed by atoms with van der Waals surface area (Å²) in [6.07, 6.45) is 0. The van der Waals surface area contributed by atoms with E-state index in [1.807, 2.05) is 0 Å². The number of benzene rings is 1. The van der Waals surface area contributed by atoms with Crippen molar-refractivity contribution < 1.29 is 18.7 Å². The lowest BCUT2D eigenvalue weighted by Crippen LogP contribution is -2.20. The lowest BCUT2D eigenvalue weighted by atomic mass is 10.1. The Labute approximate surface area is 111 Å². The molecule has 0 bridgehead atoms. The van der Waals surface area contributed by atoms with E-state index in [2.05, 4.69) is 4.98 Å². The Morgan fingerprint density at radius 1 is 1.42 bits per heavy atom. The van der Waals surface area contributed by atoms with Crippen LogP contribution in [0.3, 0.4) is 0 Å². The van der Waals surface area contributed by atoms with Gasteiger partial charge in [0.25, 0.3) is 0 Å². The van der Waals surface area contributed by atoms with Crippen molar-refractivity contribution in [3.63, 3.8) is 0 Å². The molecule has 7 heteroatoms. The van der Waals surface area contributed by atoms with Crippen LogP contribution < -0.4 is 4.90 Å². The van der Waals surface area contributed by atoms with Crippen LogP contribution in [-0.4, -0.2) is 23.1 Å². The van der Waals surface area contributed by atoms with Crippen molar-refractivity contribution in [1.29, 1.82) is 0 Å². The summed E-state index contributed by atoms with van der Waals surface area (Å²) in [6, 6.07) is 1.61. The van der Waals surface area contributed by atoms with Crippen molar-refractivity contribution in [1.82, 2.24) is 4.98 Å². The van der Waals surface area contributed by atoms with E-state index >= 15 is 0 Å². The highest BCUT2D eigenvalue weighted by molar-refractivity contribution is 7.07. The van der Waals surface area contributed by atoms with E-state index < -0.39 is 23.2 Å². The summed E-state index contributed by atoms with van der Waals surface area (Å²) in [6.45, 7) is 0.240. The van der Waals surface area contributed by atoms with E-state index in [9.17, 15) is 13.6 Å². The lowest BCUT2D eigenvalue weighted by Gasteiger charge is -2.19. The van der Waals surface area contributed by atoms with Gasteiger partial charge in [-0.2, -0.15) is 0 Å². The molecule has 1 aromatic heterocycles. The molecule has 0 aliphatic rings. The van der Waals surface area contributed by atoms with Crippen LogP contribution in [-0.2, 0) is 6.54 Å². The van der Waals surface area contributed by atoms with Gasteiger partial charge in [-0.05, 0) is 12.1 Å². The summed E-state index contributed by atoms with van der Waals surface area (Å²) in [5.74, 6) is -3.18. The van der Waals surface area contributed by atoms with E-state index in [0.717, 1.165) is 12.1 Å². The van der Waals surface area contributed by atoms with E-state index in [0.29, 0.717) is 5.69 Å². The number of hydrogen-bond donors (Lipinski definition) is 1. The van der Waals surface area contributed by atoms with Crippen molar-refractivity contribution in [3.8, 4) is 0 Å². The molecule has 100 valence electrons. The van der Waals surface area contributed by atoms with Gasteiger partial charge in [0.1, 0.15) is 17.3 Å². The van der Waals surface area contributed by atoms with Gasteiger partial charge in [-0.15, -0.1) is 11.3 Å². The predicted octanol–water partition coefficient (Wildman–Crippen LogP) is 2.76. The van der Waals surface area contributed by atoms with Crippen LogP contribution in [0.1, 0.15) is 16.1 Å². The second kappa shape index (κ2) is 5.31. The lowest BCUT2D eigenvalue weighted by molar-refractivity contribution is 0.0695. The molecule has 19 heavy (non-hydrogen) atoms. The van der Waals surface area contributed by atoms with Crippen LogP contribution in [0.2, 0.25) is 0 Å². The molecule has 0 aliphatic carbocycles. The molecule has 1 N–H and O–H groups in total. The molecule has 0 aliphatic heterocycles. The minimum absolute atomic E-state index is 0.240. The zero-order chi connectivity index (χ0) is 14.0. The molecule has 2 aromatic rings. The third-order valence-corrected chi connectivity index (χ3v) is 3.16. The quantitative estimate of drug-likeness (QED) is 0.938. The minimum Gasteiger partial charge on any atom is -0.478 e. The molecule has 0 spiro atoms. The largest absolute Gasteiger partial charge is 0.478 e. The smallest absolute Gasteiger partial charge is 0.335 e. The highest BCUT2D eigenvalue weighted by Crippen LogP contribution is 2.25. The molecular weight excluding hydrogens is 274 g/mol. The van der Waals surface area contributed by atoms with Gasteiger partial charge in [0.05, 0.1) is 23.3 Å². The first-order valence-corrected chi connectivity index (χ1v) is 6.24. The molecule has 0 amide bonds.